The molecule has 1 fully saturated rings. The Bertz CT molecular complexity index is 802. The lowest BCUT2D eigenvalue weighted by atomic mass is 10.0. The molecule has 1 atom stereocenters. The van der Waals surface area contributed by atoms with Gasteiger partial charge in [-0.2, -0.15) is 4.58 Å². The van der Waals surface area contributed by atoms with Crippen molar-refractivity contribution >= 4 is 29.1 Å². The van der Waals surface area contributed by atoms with Crippen LogP contribution >= 0.6 is 0 Å². The summed E-state index contributed by atoms with van der Waals surface area (Å²) in [5.41, 5.74) is 2.57. The summed E-state index contributed by atoms with van der Waals surface area (Å²) in [6.45, 7) is 3.07. The highest BCUT2D eigenvalue weighted by Crippen LogP contribution is 2.31. The lowest BCUT2D eigenvalue weighted by Gasteiger charge is -2.23. The standard InChI is InChI=1S/C17H18N4O4/c22-15-4-2-12(17(24)20-15)19-16(23)10-1-3-13-14(7-10)25-9-11-8-18-5-6-21(11)13/h1,3,7,12,18H,2,4-6,8-9H2,(H-,19,20,22,23,24)/p+1/t12-/m0/s1. The third-order valence-corrected chi connectivity index (χ3v) is 4.67. The zero-order chi connectivity index (χ0) is 17.4. The molecule has 130 valence electrons. The Hall–Kier alpha value is -2.74. The summed E-state index contributed by atoms with van der Waals surface area (Å²) in [5, 5.41) is 8.23. The summed E-state index contributed by atoms with van der Waals surface area (Å²) in [5.74, 6) is -0.447. The van der Waals surface area contributed by atoms with Crippen LogP contribution < -0.4 is 20.7 Å². The van der Waals surface area contributed by atoms with Gasteiger partial charge in [0.1, 0.15) is 6.04 Å². The van der Waals surface area contributed by atoms with Gasteiger partial charge in [0.05, 0.1) is 13.1 Å². The first kappa shape index (κ1) is 15.8. The molecule has 0 radical (unpaired) electrons. The zero-order valence-corrected chi connectivity index (χ0v) is 13.6. The number of carbonyl (C=O) groups excluding carboxylic acids is 3. The molecule has 0 aromatic heterocycles. The summed E-state index contributed by atoms with van der Waals surface area (Å²) in [6.07, 6.45) is 0.544. The molecule has 1 aromatic carbocycles. The van der Waals surface area contributed by atoms with Gasteiger partial charge < -0.3 is 15.4 Å². The van der Waals surface area contributed by atoms with E-state index < -0.39 is 11.9 Å². The summed E-state index contributed by atoms with van der Waals surface area (Å²) in [4.78, 5) is 35.4. The van der Waals surface area contributed by atoms with Crippen molar-refractivity contribution in [2.24, 2.45) is 0 Å². The van der Waals surface area contributed by atoms with Crippen molar-refractivity contribution in [3.05, 3.63) is 23.8 Å². The number of carbonyl (C=O) groups is 3. The molecule has 4 rings (SSSR count). The Kier molecular flexibility index (Phi) is 3.96. The van der Waals surface area contributed by atoms with E-state index >= 15 is 0 Å². The smallest absolute Gasteiger partial charge is 0.252 e. The maximum atomic E-state index is 12.4. The molecule has 3 aliphatic heterocycles. The van der Waals surface area contributed by atoms with Crippen LogP contribution in [0.2, 0.25) is 0 Å². The first-order valence-electron chi connectivity index (χ1n) is 8.36. The average molecular weight is 343 g/mol. The molecule has 3 heterocycles. The Morgan fingerprint density at radius 3 is 3.04 bits per heavy atom. The molecular formula is C17H19N4O4+. The summed E-state index contributed by atoms with van der Waals surface area (Å²) in [7, 11) is 0. The summed E-state index contributed by atoms with van der Waals surface area (Å²) < 4.78 is 8.01. The van der Waals surface area contributed by atoms with Crippen molar-refractivity contribution in [3.63, 3.8) is 0 Å². The first-order valence-corrected chi connectivity index (χ1v) is 8.36. The number of rotatable bonds is 2. The molecule has 0 spiro atoms. The van der Waals surface area contributed by atoms with Crippen molar-refractivity contribution in [2.75, 3.05) is 26.2 Å². The van der Waals surface area contributed by atoms with Crippen LogP contribution in [0.25, 0.3) is 0 Å². The number of nitrogens with zero attached hydrogens (tertiary/aromatic N) is 1. The lowest BCUT2D eigenvalue weighted by Crippen LogP contribution is -2.52. The predicted octanol–water partition coefficient (Wildman–Crippen LogP) is -0.698. The summed E-state index contributed by atoms with van der Waals surface area (Å²) >= 11 is 0. The maximum absolute atomic E-state index is 12.4. The van der Waals surface area contributed by atoms with E-state index in [4.69, 9.17) is 4.74 Å². The highest BCUT2D eigenvalue weighted by molar-refractivity contribution is 6.04. The second-order valence-corrected chi connectivity index (χ2v) is 6.34. The van der Waals surface area contributed by atoms with E-state index in [0.29, 0.717) is 24.3 Å². The van der Waals surface area contributed by atoms with Gasteiger partial charge in [-0.05, 0) is 18.6 Å². The van der Waals surface area contributed by atoms with Gasteiger partial charge in [0.15, 0.2) is 18.9 Å². The fourth-order valence-corrected chi connectivity index (χ4v) is 3.32. The molecule has 3 amide bonds. The van der Waals surface area contributed by atoms with Crippen LogP contribution in [0.3, 0.4) is 0 Å². The Morgan fingerprint density at radius 1 is 1.32 bits per heavy atom. The number of hydrogen-bond donors (Lipinski definition) is 3. The number of amides is 3. The number of piperidine rings is 1. The number of nitrogens with one attached hydrogen (secondary N) is 3. The highest BCUT2D eigenvalue weighted by atomic mass is 16.5. The third-order valence-electron chi connectivity index (χ3n) is 4.67. The van der Waals surface area contributed by atoms with Crippen LogP contribution in [0, 0.1) is 0 Å². The van der Waals surface area contributed by atoms with Gasteiger partial charge in [-0.1, -0.05) is 0 Å². The van der Waals surface area contributed by atoms with Crippen LogP contribution in [0.1, 0.15) is 23.2 Å². The van der Waals surface area contributed by atoms with Gasteiger partial charge >= 0.3 is 0 Å². The SMILES string of the molecule is O=C1CC[C@H](NC(=O)c2ccc3c(c2)OCC2=[N+]3CCNC2)C(=O)N1. The summed E-state index contributed by atoms with van der Waals surface area (Å²) in [6, 6.07) is 4.62. The Balaban J connectivity index is 1.52. The predicted molar refractivity (Wildman–Crippen MR) is 88.2 cm³/mol. The molecule has 0 unspecified atom stereocenters. The Morgan fingerprint density at radius 2 is 2.20 bits per heavy atom. The van der Waals surface area contributed by atoms with Gasteiger partial charge in [-0.15, -0.1) is 0 Å². The molecule has 1 aromatic rings. The quantitative estimate of drug-likeness (QED) is 0.487. The van der Waals surface area contributed by atoms with Crippen molar-refractivity contribution in [1.29, 1.82) is 0 Å². The van der Waals surface area contributed by atoms with Gasteiger partial charge in [-0.25, -0.2) is 0 Å². The molecule has 0 bridgehead atoms. The number of imide groups is 1. The maximum Gasteiger partial charge on any atom is 0.252 e. The van der Waals surface area contributed by atoms with Crippen molar-refractivity contribution < 1.29 is 23.7 Å². The zero-order valence-electron chi connectivity index (χ0n) is 13.6. The van der Waals surface area contributed by atoms with Crippen molar-refractivity contribution in [3.8, 4) is 5.75 Å². The van der Waals surface area contributed by atoms with E-state index in [9.17, 15) is 14.4 Å². The average Bonchev–Trinajstić information content (AvgIpc) is 2.63. The lowest BCUT2D eigenvalue weighted by molar-refractivity contribution is -0.449. The Labute approximate surface area is 144 Å². The number of benzene rings is 1. The van der Waals surface area contributed by atoms with Crippen LogP contribution in [-0.2, 0) is 9.59 Å². The van der Waals surface area contributed by atoms with E-state index in [1.165, 1.54) is 5.71 Å². The second kappa shape index (κ2) is 6.29. The van der Waals surface area contributed by atoms with E-state index in [-0.39, 0.29) is 18.2 Å². The van der Waals surface area contributed by atoms with Crippen LogP contribution in [0.4, 0.5) is 5.69 Å². The fourth-order valence-electron chi connectivity index (χ4n) is 3.32. The van der Waals surface area contributed by atoms with E-state index in [2.05, 4.69) is 20.5 Å². The van der Waals surface area contributed by atoms with Crippen molar-refractivity contribution in [1.82, 2.24) is 16.0 Å². The minimum absolute atomic E-state index is 0.228. The number of hydrogen-bond acceptors (Lipinski definition) is 5. The molecule has 8 nitrogen and oxygen atoms in total. The molecule has 25 heavy (non-hydrogen) atoms. The third kappa shape index (κ3) is 3.00. The first-order chi connectivity index (χ1) is 12.1. The molecule has 3 N–H and O–H groups in total. The highest BCUT2D eigenvalue weighted by Gasteiger charge is 2.32. The van der Waals surface area contributed by atoms with Gasteiger partial charge in [0.25, 0.3) is 5.91 Å². The topological polar surface area (TPSA) is 99.5 Å². The molecular weight excluding hydrogens is 324 g/mol. The van der Waals surface area contributed by atoms with E-state index in [0.717, 1.165) is 25.3 Å². The minimum atomic E-state index is -0.685. The number of ether oxygens (including phenoxy) is 1. The van der Waals surface area contributed by atoms with Crippen LogP contribution in [0.5, 0.6) is 5.75 Å². The molecule has 1 saturated heterocycles. The van der Waals surface area contributed by atoms with Gasteiger partial charge in [-0.3, -0.25) is 19.7 Å². The molecule has 0 aliphatic carbocycles. The largest absolute Gasteiger partial charge is 0.476 e. The van der Waals surface area contributed by atoms with Gasteiger partial charge in [0.2, 0.25) is 23.2 Å². The minimum Gasteiger partial charge on any atom is -0.476 e. The molecule has 8 heteroatoms. The van der Waals surface area contributed by atoms with Crippen LogP contribution in [-0.4, -0.2) is 60.3 Å². The molecule has 3 aliphatic rings. The second-order valence-electron chi connectivity index (χ2n) is 6.34. The molecule has 0 saturated carbocycles. The van der Waals surface area contributed by atoms with Crippen LogP contribution in [0.15, 0.2) is 18.2 Å². The van der Waals surface area contributed by atoms with Gasteiger partial charge in [0, 0.05) is 18.1 Å². The number of fused-ring (bicyclic) bond motifs is 2. The normalized spacial score (nSPS) is 22.5. The van der Waals surface area contributed by atoms with E-state index in [1.807, 2.05) is 6.07 Å². The monoisotopic (exact) mass is 343 g/mol. The van der Waals surface area contributed by atoms with E-state index in [1.54, 1.807) is 12.1 Å². The van der Waals surface area contributed by atoms with Crippen molar-refractivity contribution in [2.45, 2.75) is 18.9 Å². The fraction of sp³-hybridized carbons (Fsp3) is 0.412.